The molecule has 0 bridgehead atoms. The van der Waals surface area contributed by atoms with Crippen LogP contribution in [0.5, 0.6) is 0 Å². The van der Waals surface area contributed by atoms with Crippen LogP contribution in [0.3, 0.4) is 0 Å². The SMILES string of the molecule is CCCNC(=O)O[C@@H]1CC[C@H](c2cc(NC(=O)c3cc(COC)nn3C)n[nH]2)C1. The van der Waals surface area contributed by atoms with Crippen molar-refractivity contribution in [2.75, 3.05) is 19.0 Å². The third kappa shape index (κ3) is 5.35. The number of rotatable bonds is 8. The van der Waals surface area contributed by atoms with E-state index in [1.54, 1.807) is 20.2 Å². The molecule has 10 nitrogen and oxygen atoms in total. The van der Waals surface area contributed by atoms with E-state index in [2.05, 4.69) is 25.9 Å². The molecule has 2 aromatic rings. The average Bonchev–Trinajstić information content (AvgIpc) is 3.40. The van der Waals surface area contributed by atoms with E-state index in [1.807, 2.05) is 13.0 Å². The van der Waals surface area contributed by atoms with Gasteiger partial charge in [0, 0.05) is 38.4 Å². The van der Waals surface area contributed by atoms with E-state index in [0.29, 0.717) is 30.4 Å². The van der Waals surface area contributed by atoms with Crippen LogP contribution in [0.25, 0.3) is 0 Å². The maximum Gasteiger partial charge on any atom is 0.407 e. The molecule has 2 heterocycles. The summed E-state index contributed by atoms with van der Waals surface area (Å²) >= 11 is 0. The summed E-state index contributed by atoms with van der Waals surface area (Å²) in [7, 11) is 3.29. The summed E-state index contributed by atoms with van der Waals surface area (Å²) in [5.74, 6) is 0.368. The Morgan fingerprint density at radius 3 is 2.93 bits per heavy atom. The molecular formula is C19H28N6O4. The summed E-state index contributed by atoms with van der Waals surface area (Å²) in [5, 5.41) is 16.9. The van der Waals surface area contributed by atoms with Gasteiger partial charge < -0.3 is 20.1 Å². The van der Waals surface area contributed by atoms with Crippen LogP contribution in [0.1, 0.15) is 60.4 Å². The fourth-order valence-corrected chi connectivity index (χ4v) is 3.50. The quantitative estimate of drug-likeness (QED) is 0.620. The number of anilines is 1. The van der Waals surface area contributed by atoms with Gasteiger partial charge in [-0.15, -0.1) is 0 Å². The first-order valence-corrected chi connectivity index (χ1v) is 9.83. The number of nitrogens with zero attached hydrogens (tertiary/aromatic N) is 3. The van der Waals surface area contributed by atoms with E-state index in [-0.39, 0.29) is 24.0 Å². The first-order chi connectivity index (χ1) is 14.0. The van der Waals surface area contributed by atoms with Gasteiger partial charge in [0.1, 0.15) is 11.8 Å². The molecule has 1 fully saturated rings. The Morgan fingerprint density at radius 1 is 1.34 bits per heavy atom. The van der Waals surface area contributed by atoms with Crippen molar-refractivity contribution in [3.63, 3.8) is 0 Å². The highest BCUT2D eigenvalue weighted by atomic mass is 16.6. The number of methoxy groups -OCH3 is 1. The summed E-state index contributed by atoms with van der Waals surface area (Å²) in [6.45, 7) is 2.95. The minimum Gasteiger partial charge on any atom is -0.446 e. The van der Waals surface area contributed by atoms with E-state index in [4.69, 9.17) is 9.47 Å². The van der Waals surface area contributed by atoms with Crippen molar-refractivity contribution < 1.29 is 19.1 Å². The molecule has 2 aromatic heterocycles. The lowest BCUT2D eigenvalue weighted by molar-refractivity contribution is 0.0997. The second kappa shape index (κ2) is 9.55. The molecule has 1 aliphatic carbocycles. The van der Waals surface area contributed by atoms with Crippen molar-refractivity contribution >= 4 is 17.8 Å². The van der Waals surface area contributed by atoms with Gasteiger partial charge in [0.05, 0.1) is 12.3 Å². The van der Waals surface area contributed by atoms with Crippen LogP contribution >= 0.6 is 0 Å². The highest BCUT2D eigenvalue weighted by molar-refractivity contribution is 6.02. The van der Waals surface area contributed by atoms with E-state index in [1.165, 1.54) is 4.68 Å². The minimum absolute atomic E-state index is 0.105. The lowest BCUT2D eigenvalue weighted by Crippen LogP contribution is -2.28. The molecule has 0 saturated heterocycles. The van der Waals surface area contributed by atoms with Gasteiger partial charge in [0.2, 0.25) is 0 Å². The van der Waals surface area contributed by atoms with Crippen LogP contribution < -0.4 is 10.6 Å². The molecule has 0 aliphatic heterocycles. The molecule has 2 amide bonds. The van der Waals surface area contributed by atoms with Gasteiger partial charge >= 0.3 is 6.09 Å². The third-order valence-corrected chi connectivity index (χ3v) is 4.91. The Bertz CT molecular complexity index is 846. The number of hydrogen-bond acceptors (Lipinski definition) is 6. The number of aromatic amines is 1. The predicted molar refractivity (Wildman–Crippen MR) is 106 cm³/mol. The Kier molecular flexibility index (Phi) is 6.86. The molecule has 2 atom stereocenters. The van der Waals surface area contributed by atoms with E-state index in [0.717, 1.165) is 31.4 Å². The highest BCUT2D eigenvalue weighted by Gasteiger charge is 2.30. The second-order valence-electron chi connectivity index (χ2n) is 7.20. The Balaban J connectivity index is 1.54. The van der Waals surface area contributed by atoms with Crippen molar-refractivity contribution in [2.45, 2.75) is 51.2 Å². The summed E-state index contributed by atoms with van der Waals surface area (Å²) in [5.41, 5.74) is 2.03. The van der Waals surface area contributed by atoms with Crippen molar-refractivity contribution in [1.82, 2.24) is 25.3 Å². The molecule has 29 heavy (non-hydrogen) atoms. The van der Waals surface area contributed by atoms with Crippen LogP contribution in [0.4, 0.5) is 10.6 Å². The lowest BCUT2D eigenvalue weighted by atomic mass is 10.0. The zero-order valence-electron chi connectivity index (χ0n) is 17.0. The molecule has 0 radical (unpaired) electrons. The van der Waals surface area contributed by atoms with Gasteiger partial charge in [0.25, 0.3) is 5.91 Å². The number of alkyl carbamates (subject to hydrolysis) is 1. The number of nitrogens with one attached hydrogen (secondary N) is 3. The lowest BCUT2D eigenvalue weighted by Gasteiger charge is -2.12. The fraction of sp³-hybridized carbons (Fsp3) is 0.579. The molecule has 3 N–H and O–H groups in total. The zero-order valence-corrected chi connectivity index (χ0v) is 17.0. The normalized spacial score (nSPS) is 18.6. The fourth-order valence-electron chi connectivity index (χ4n) is 3.50. The molecule has 0 unspecified atom stereocenters. The Labute approximate surface area is 169 Å². The predicted octanol–water partition coefficient (Wildman–Crippen LogP) is 2.31. The van der Waals surface area contributed by atoms with Gasteiger partial charge in [-0.05, 0) is 31.7 Å². The van der Waals surface area contributed by atoms with Crippen LogP contribution in [-0.2, 0) is 23.1 Å². The summed E-state index contributed by atoms with van der Waals surface area (Å²) in [6, 6.07) is 3.52. The molecule has 0 aromatic carbocycles. The number of hydrogen-bond donors (Lipinski definition) is 3. The first-order valence-electron chi connectivity index (χ1n) is 9.83. The van der Waals surface area contributed by atoms with E-state index >= 15 is 0 Å². The maximum atomic E-state index is 12.5. The van der Waals surface area contributed by atoms with Crippen molar-refractivity contribution in [3.05, 3.63) is 29.2 Å². The Morgan fingerprint density at radius 2 is 2.17 bits per heavy atom. The number of carbonyl (C=O) groups excluding carboxylic acids is 2. The number of aryl methyl sites for hydroxylation is 1. The van der Waals surface area contributed by atoms with Gasteiger partial charge in [-0.3, -0.25) is 14.6 Å². The Hall–Kier alpha value is -2.88. The van der Waals surface area contributed by atoms with Crippen LogP contribution in [0.15, 0.2) is 12.1 Å². The van der Waals surface area contributed by atoms with Crippen LogP contribution in [0.2, 0.25) is 0 Å². The largest absolute Gasteiger partial charge is 0.446 e. The molecule has 0 spiro atoms. The van der Waals surface area contributed by atoms with Crippen LogP contribution in [0, 0.1) is 0 Å². The van der Waals surface area contributed by atoms with Crippen molar-refractivity contribution in [3.8, 4) is 0 Å². The highest BCUT2D eigenvalue weighted by Crippen LogP contribution is 2.35. The standard InChI is InChI=1S/C19H28N6O4/c1-4-7-20-19(27)29-14-6-5-12(8-14)15-10-17(23-22-15)21-18(26)16-9-13(11-28-3)24-25(16)2/h9-10,12,14H,4-8,11H2,1-3H3,(H,20,27)(H2,21,22,23,26)/t12-,14+/m0/s1. The van der Waals surface area contributed by atoms with Gasteiger partial charge in [0.15, 0.2) is 5.82 Å². The molecule has 1 saturated carbocycles. The van der Waals surface area contributed by atoms with E-state index < -0.39 is 0 Å². The molecule has 1 aliphatic rings. The first kappa shape index (κ1) is 20.8. The molecule has 10 heteroatoms. The molecule has 3 rings (SSSR count). The summed E-state index contributed by atoms with van der Waals surface area (Å²) < 4.78 is 12.0. The second-order valence-corrected chi connectivity index (χ2v) is 7.20. The average molecular weight is 404 g/mol. The van der Waals surface area contributed by atoms with E-state index in [9.17, 15) is 9.59 Å². The number of amides is 2. The van der Waals surface area contributed by atoms with Crippen molar-refractivity contribution in [1.29, 1.82) is 0 Å². The molecular weight excluding hydrogens is 376 g/mol. The van der Waals surface area contributed by atoms with Gasteiger partial charge in [-0.2, -0.15) is 10.2 Å². The number of ether oxygens (including phenoxy) is 2. The number of carbonyl (C=O) groups is 2. The molecule has 158 valence electrons. The number of H-pyrrole nitrogens is 1. The topological polar surface area (TPSA) is 123 Å². The summed E-state index contributed by atoms with van der Waals surface area (Å²) in [4.78, 5) is 24.2. The van der Waals surface area contributed by atoms with Crippen LogP contribution in [-0.4, -0.2) is 51.7 Å². The monoisotopic (exact) mass is 404 g/mol. The maximum absolute atomic E-state index is 12.5. The minimum atomic E-state index is -0.362. The van der Waals surface area contributed by atoms with Gasteiger partial charge in [-0.25, -0.2) is 4.79 Å². The third-order valence-electron chi connectivity index (χ3n) is 4.91. The van der Waals surface area contributed by atoms with Crippen molar-refractivity contribution in [2.24, 2.45) is 7.05 Å². The van der Waals surface area contributed by atoms with Gasteiger partial charge in [-0.1, -0.05) is 6.92 Å². The smallest absolute Gasteiger partial charge is 0.407 e. The summed E-state index contributed by atoms with van der Waals surface area (Å²) in [6.07, 6.45) is 2.84. The zero-order chi connectivity index (χ0) is 20.8. The number of aromatic nitrogens is 4.